The molecule has 0 N–H and O–H groups in total. The van der Waals surface area contributed by atoms with Crippen molar-refractivity contribution in [2.75, 3.05) is 19.6 Å². The molecule has 0 bridgehead atoms. The molecule has 1 aromatic carbocycles. The lowest BCUT2D eigenvalue weighted by Gasteiger charge is -2.25. The number of benzene rings is 1. The number of carbonyl (C=O) groups excluding carboxylic acids is 1. The van der Waals surface area contributed by atoms with E-state index in [2.05, 4.69) is 0 Å². The normalized spacial score (nSPS) is 16.9. The van der Waals surface area contributed by atoms with Crippen LogP contribution in [0.3, 0.4) is 0 Å². The van der Waals surface area contributed by atoms with Crippen LogP contribution in [0, 0.1) is 27.7 Å². The summed E-state index contributed by atoms with van der Waals surface area (Å²) in [5.74, 6) is -0.999. The molecule has 2 aromatic rings. The van der Waals surface area contributed by atoms with E-state index in [0.717, 1.165) is 35.1 Å². The summed E-state index contributed by atoms with van der Waals surface area (Å²) in [6.07, 6.45) is 1.68. The number of carbonyl (C=O) groups is 1. The molecule has 1 aliphatic heterocycles. The van der Waals surface area contributed by atoms with E-state index in [1.54, 1.807) is 11.0 Å². The fourth-order valence-corrected chi connectivity index (χ4v) is 4.18. The maximum Gasteiger partial charge on any atom is 0.324 e. The van der Waals surface area contributed by atoms with Gasteiger partial charge in [-0.15, -0.1) is 0 Å². The standard InChI is InChI=1S/C18H19F2N3O3S/c19-15-2-1-14(17(20)7-15)10-22(9-13-5-6-21(8-13)12-24)11-16-3-4-18(27-16)23(25)26/h1-4,7,12-13H,5-6,8-11H2. The highest BCUT2D eigenvalue weighted by atomic mass is 32.1. The van der Waals surface area contributed by atoms with E-state index in [1.807, 2.05) is 4.90 Å². The molecule has 0 spiro atoms. The smallest absolute Gasteiger partial charge is 0.324 e. The first-order valence-corrected chi connectivity index (χ1v) is 9.35. The van der Waals surface area contributed by atoms with Crippen LogP contribution >= 0.6 is 11.3 Å². The fraction of sp³-hybridized carbons (Fsp3) is 0.389. The summed E-state index contributed by atoms with van der Waals surface area (Å²) in [5, 5.41) is 11.0. The Morgan fingerprint density at radius 2 is 2.11 bits per heavy atom. The second-order valence-electron chi connectivity index (χ2n) is 6.66. The SMILES string of the molecule is O=CN1CCC(CN(Cc2ccc([N+](=O)[O-])s2)Cc2ccc(F)cc2F)C1. The molecule has 1 amide bonds. The number of hydrogen-bond donors (Lipinski definition) is 0. The van der Waals surface area contributed by atoms with Crippen molar-refractivity contribution >= 4 is 22.7 Å². The Morgan fingerprint density at radius 1 is 1.30 bits per heavy atom. The first-order valence-electron chi connectivity index (χ1n) is 8.53. The van der Waals surface area contributed by atoms with Gasteiger partial charge in [0.15, 0.2) is 0 Å². The van der Waals surface area contributed by atoms with Crippen LogP contribution in [0.2, 0.25) is 0 Å². The molecule has 0 aliphatic carbocycles. The molecule has 1 fully saturated rings. The van der Waals surface area contributed by atoms with Gasteiger partial charge >= 0.3 is 5.00 Å². The molecule has 1 unspecified atom stereocenters. The number of thiophene rings is 1. The Balaban J connectivity index is 1.74. The highest BCUT2D eigenvalue weighted by Gasteiger charge is 2.24. The maximum atomic E-state index is 14.1. The summed E-state index contributed by atoms with van der Waals surface area (Å²) < 4.78 is 27.2. The van der Waals surface area contributed by atoms with Gasteiger partial charge in [-0.2, -0.15) is 0 Å². The van der Waals surface area contributed by atoms with Gasteiger partial charge in [0.05, 0.1) is 4.92 Å². The molecule has 1 atom stereocenters. The topological polar surface area (TPSA) is 66.7 Å². The Labute approximate surface area is 159 Å². The maximum absolute atomic E-state index is 14.1. The Kier molecular flexibility index (Phi) is 6.12. The first kappa shape index (κ1) is 19.4. The van der Waals surface area contributed by atoms with Crippen molar-refractivity contribution in [3.05, 3.63) is 62.5 Å². The molecule has 0 saturated carbocycles. The van der Waals surface area contributed by atoms with Crippen molar-refractivity contribution in [1.82, 2.24) is 9.80 Å². The summed E-state index contributed by atoms with van der Waals surface area (Å²) >= 11 is 1.09. The van der Waals surface area contributed by atoms with E-state index in [0.29, 0.717) is 31.7 Å². The number of hydrogen-bond acceptors (Lipinski definition) is 5. The summed E-state index contributed by atoms with van der Waals surface area (Å²) in [6, 6.07) is 6.65. The minimum absolute atomic E-state index is 0.0610. The molecule has 2 heterocycles. The zero-order valence-corrected chi connectivity index (χ0v) is 15.3. The molecule has 0 radical (unpaired) electrons. The fourth-order valence-electron chi connectivity index (χ4n) is 3.32. The van der Waals surface area contributed by atoms with E-state index in [-0.39, 0.29) is 17.5 Å². The minimum atomic E-state index is -0.630. The summed E-state index contributed by atoms with van der Waals surface area (Å²) in [6.45, 7) is 2.63. The van der Waals surface area contributed by atoms with E-state index in [1.165, 1.54) is 18.2 Å². The van der Waals surface area contributed by atoms with Gasteiger partial charge in [0.25, 0.3) is 0 Å². The first-order chi connectivity index (χ1) is 12.9. The van der Waals surface area contributed by atoms with Crippen LogP contribution in [0.15, 0.2) is 30.3 Å². The average molecular weight is 395 g/mol. The van der Waals surface area contributed by atoms with Gasteiger partial charge in [0, 0.05) is 55.3 Å². The van der Waals surface area contributed by atoms with Gasteiger partial charge in [-0.05, 0) is 24.5 Å². The van der Waals surface area contributed by atoms with Crippen LogP contribution in [-0.2, 0) is 17.9 Å². The summed E-state index contributed by atoms with van der Waals surface area (Å²) in [7, 11) is 0. The second kappa shape index (κ2) is 8.53. The number of amides is 1. The second-order valence-corrected chi connectivity index (χ2v) is 7.80. The lowest BCUT2D eigenvalue weighted by molar-refractivity contribution is -0.380. The van der Waals surface area contributed by atoms with Crippen molar-refractivity contribution < 1.29 is 18.5 Å². The molecule has 9 heteroatoms. The molecule has 1 saturated heterocycles. The molecule has 144 valence electrons. The van der Waals surface area contributed by atoms with Gasteiger partial charge in [0.2, 0.25) is 6.41 Å². The quantitative estimate of drug-likeness (QED) is 0.390. The molecule has 1 aromatic heterocycles. The van der Waals surface area contributed by atoms with Crippen LogP contribution in [0.1, 0.15) is 16.9 Å². The third-order valence-electron chi connectivity index (χ3n) is 4.60. The van der Waals surface area contributed by atoms with Crippen LogP contribution in [0.4, 0.5) is 13.8 Å². The Morgan fingerprint density at radius 3 is 2.74 bits per heavy atom. The lowest BCUT2D eigenvalue weighted by Crippen LogP contribution is -2.30. The monoisotopic (exact) mass is 395 g/mol. The highest BCUT2D eigenvalue weighted by molar-refractivity contribution is 7.15. The number of halogens is 2. The van der Waals surface area contributed by atoms with E-state index in [4.69, 9.17) is 0 Å². The van der Waals surface area contributed by atoms with Crippen molar-refractivity contribution in [1.29, 1.82) is 0 Å². The molecular formula is C18H19F2N3O3S. The number of nitro groups is 1. The lowest BCUT2D eigenvalue weighted by atomic mass is 10.1. The van der Waals surface area contributed by atoms with Gasteiger partial charge in [0.1, 0.15) is 11.6 Å². The van der Waals surface area contributed by atoms with E-state index in [9.17, 15) is 23.7 Å². The van der Waals surface area contributed by atoms with Gasteiger partial charge in [-0.25, -0.2) is 8.78 Å². The third-order valence-corrected chi connectivity index (χ3v) is 5.62. The average Bonchev–Trinajstić information content (AvgIpc) is 3.26. The van der Waals surface area contributed by atoms with E-state index >= 15 is 0 Å². The largest absolute Gasteiger partial charge is 0.345 e. The Hall–Kier alpha value is -2.39. The van der Waals surface area contributed by atoms with Crippen LogP contribution < -0.4 is 0 Å². The van der Waals surface area contributed by atoms with Gasteiger partial charge in [-0.3, -0.25) is 19.8 Å². The predicted octanol–water partition coefficient (Wildman–Crippen LogP) is 3.42. The van der Waals surface area contributed by atoms with Crippen LogP contribution in [0.25, 0.3) is 0 Å². The van der Waals surface area contributed by atoms with Crippen LogP contribution in [-0.4, -0.2) is 40.8 Å². The number of rotatable bonds is 8. The van der Waals surface area contributed by atoms with E-state index < -0.39 is 16.6 Å². The van der Waals surface area contributed by atoms with Crippen molar-refractivity contribution in [2.45, 2.75) is 19.5 Å². The summed E-state index contributed by atoms with van der Waals surface area (Å²) in [4.78, 5) is 25.9. The van der Waals surface area contributed by atoms with Crippen molar-refractivity contribution in [3.63, 3.8) is 0 Å². The molecule has 27 heavy (non-hydrogen) atoms. The van der Waals surface area contributed by atoms with Gasteiger partial charge < -0.3 is 4.90 Å². The molecule has 3 rings (SSSR count). The third kappa shape index (κ3) is 5.08. The number of likely N-dealkylation sites (tertiary alicyclic amines) is 1. The minimum Gasteiger partial charge on any atom is -0.345 e. The van der Waals surface area contributed by atoms with Crippen molar-refractivity contribution in [3.8, 4) is 0 Å². The zero-order chi connectivity index (χ0) is 19.4. The summed E-state index contributed by atoms with van der Waals surface area (Å²) in [5.41, 5.74) is 0.368. The zero-order valence-electron chi connectivity index (χ0n) is 14.5. The predicted molar refractivity (Wildman–Crippen MR) is 97.2 cm³/mol. The molecule has 6 nitrogen and oxygen atoms in total. The molecular weight excluding hydrogens is 376 g/mol. The van der Waals surface area contributed by atoms with Crippen molar-refractivity contribution in [2.24, 2.45) is 5.92 Å². The number of nitrogens with zero attached hydrogens (tertiary/aromatic N) is 3. The Bertz CT molecular complexity index is 830. The van der Waals surface area contributed by atoms with Crippen LogP contribution in [0.5, 0.6) is 0 Å². The molecule has 1 aliphatic rings. The highest BCUT2D eigenvalue weighted by Crippen LogP contribution is 2.27. The van der Waals surface area contributed by atoms with Gasteiger partial charge in [-0.1, -0.05) is 17.4 Å².